The van der Waals surface area contributed by atoms with Gasteiger partial charge in [-0.1, -0.05) is 241 Å². The lowest BCUT2D eigenvalue weighted by Gasteiger charge is -2.18. The number of carbonyl (C=O) groups is 3. The molecule has 0 spiro atoms. The fourth-order valence-electron chi connectivity index (χ4n) is 7.82. The van der Waals surface area contributed by atoms with Crippen molar-refractivity contribution < 1.29 is 28.6 Å². The molecule has 0 amide bonds. The Morgan fingerprint density at radius 3 is 0.924 bits per heavy atom. The SMILES string of the molecule is CC/C=C\C/C=C\C/C=C\CCCCCCCCCCCC(=O)OCC(COC(=O)CCCCCCCCCCCCCCC)OC(=O)CCCCCCCC/C=C\C/C=C\C/C=C\CC. The highest BCUT2D eigenvalue weighted by Gasteiger charge is 2.19. The molecule has 0 rings (SSSR count). The monoisotopic (exact) mass is 921 g/mol. The molecule has 0 aromatic carbocycles. The van der Waals surface area contributed by atoms with Crippen molar-refractivity contribution in [3.63, 3.8) is 0 Å². The molecule has 0 aromatic heterocycles. The van der Waals surface area contributed by atoms with E-state index in [4.69, 9.17) is 14.2 Å². The molecule has 0 fully saturated rings. The van der Waals surface area contributed by atoms with Gasteiger partial charge in [0.25, 0.3) is 0 Å². The number of esters is 3. The van der Waals surface area contributed by atoms with E-state index in [1.165, 1.54) is 122 Å². The maximum atomic E-state index is 12.8. The first-order valence-electron chi connectivity index (χ1n) is 27.9. The van der Waals surface area contributed by atoms with Crippen molar-refractivity contribution >= 4 is 17.9 Å². The Kier molecular flexibility index (Phi) is 51.9. The molecule has 1 atom stereocenters. The molecule has 6 heteroatoms. The van der Waals surface area contributed by atoms with Gasteiger partial charge in [0.1, 0.15) is 13.2 Å². The van der Waals surface area contributed by atoms with Crippen molar-refractivity contribution in [1.82, 2.24) is 0 Å². The van der Waals surface area contributed by atoms with Crippen LogP contribution in [0.5, 0.6) is 0 Å². The summed E-state index contributed by atoms with van der Waals surface area (Å²) in [6.45, 7) is 6.42. The van der Waals surface area contributed by atoms with E-state index in [-0.39, 0.29) is 31.1 Å². The largest absolute Gasteiger partial charge is 0.462 e. The molecule has 66 heavy (non-hydrogen) atoms. The van der Waals surface area contributed by atoms with Crippen LogP contribution in [0.25, 0.3) is 0 Å². The summed E-state index contributed by atoms with van der Waals surface area (Å²) in [5.74, 6) is -0.891. The number of hydrogen-bond acceptors (Lipinski definition) is 6. The summed E-state index contributed by atoms with van der Waals surface area (Å²) in [6, 6.07) is 0. The van der Waals surface area contributed by atoms with Crippen LogP contribution in [0, 0.1) is 0 Å². The van der Waals surface area contributed by atoms with Crippen molar-refractivity contribution in [1.29, 1.82) is 0 Å². The van der Waals surface area contributed by atoms with E-state index in [1.54, 1.807) is 0 Å². The minimum atomic E-state index is -0.783. The third kappa shape index (κ3) is 51.8. The molecular formula is C60H104O6. The number of carbonyl (C=O) groups excluding carboxylic acids is 3. The number of ether oxygens (including phenoxy) is 3. The molecule has 0 saturated carbocycles. The average molecular weight is 921 g/mol. The van der Waals surface area contributed by atoms with Crippen molar-refractivity contribution in [3.8, 4) is 0 Å². The van der Waals surface area contributed by atoms with Crippen LogP contribution in [0.2, 0.25) is 0 Å². The Balaban J connectivity index is 4.37. The van der Waals surface area contributed by atoms with Gasteiger partial charge < -0.3 is 14.2 Å². The summed E-state index contributed by atoms with van der Waals surface area (Å²) in [5, 5.41) is 0. The van der Waals surface area contributed by atoms with Gasteiger partial charge in [-0.05, 0) is 83.5 Å². The number of hydrogen-bond donors (Lipinski definition) is 0. The van der Waals surface area contributed by atoms with Crippen LogP contribution >= 0.6 is 0 Å². The Labute approximate surface area is 408 Å². The zero-order valence-electron chi connectivity index (χ0n) is 43.4. The second kappa shape index (κ2) is 54.5. The van der Waals surface area contributed by atoms with Gasteiger partial charge in [-0.2, -0.15) is 0 Å². The van der Waals surface area contributed by atoms with E-state index in [0.717, 1.165) is 109 Å². The maximum absolute atomic E-state index is 12.8. The Morgan fingerprint density at radius 2 is 0.591 bits per heavy atom. The quantitative estimate of drug-likeness (QED) is 0.0262. The highest BCUT2D eigenvalue weighted by Crippen LogP contribution is 2.16. The average Bonchev–Trinajstić information content (AvgIpc) is 3.31. The van der Waals surface area contributed by atoms with Crippen LogP contribution < -0.4 is 0 Å². The van der Waals surface area contributed by atoms with Crippen LogP contribution in [-0.4, -0.2) is 37.2 Å². The number of allylic oxidation sites excluding steroid dienone is 12. The highest BCUT2D eigenvalue weighted by molar-refractivity contribution is 5.71. The van der Waals surface area contributed by atoms with Crippen molar-refractivity contribution in [3.05, 3.63) is 72.9 Å². The van der Waals surface area contributed by atoms with Crippen LogP contribution in [0.3, 0.4) is 0 Å². The standard InChI is InChI=1S/C60H104O6/c1-4-7-10-13-16-19-22-25-27-29-30-31-33-35-38-41-44-47-50-53-59(62)65-56-57(55-64-58(61)52-49-46-43-40-37-34-24-21-18-15-12-9-6-3)66-60(63)54-51-48-45-42-39-36-32-28-26-23-20-17-14-11-8-5-2/h7-8,10-11,16-17,19-20,25-28,57H,4-6,9,12-15,18,21-24,29-56H2,1-3H3/b10-7-,11-8-,19-16-,20-17-,27-25-,28-26-. The molecule has 1 unspecified atom stereocenters. The van der Waals surface area contributed by atoms with Gasteiger partial charge in [-0.3, -0.25) is 14.4 Å². The lowest BCUT2D eigenvalue weighted by molar-refractivity contribution is -0.167. The zero-order chi connectivity index (χ0) is 47.9. The Hall–Kier alpha value is -3.15. The maximum Gasteiger partial charge on any atom is 0.306 e. The molecule has 0 saturated heterocycles. The first kappa shape index (κ1) is 62.8. The fourth-order valence-corrected chi connectivity index (χ4v) is 7.82. The Bertz CT molecular complexity index is 1240. The van der Waals surface area contributed by atoms with E-state index < -0.39 is 6.10 Å². The van der Waals surface area contributed by atoms with Crippen molar-refractivity contribution in [2.75, 3.05) is 13.2 Å². The van der Waals surface area contributed by atoms with E-state index >= 15 is 0 Å². The smallest absolute Gasteiger partial charge is 0.306 e. The summed E-state index contributed by atoms with van der Waals surface area (Å²) in [6.07, 6.45) is 68.8. The van der Waals surface area contributed by atoms with Gasteiger partial charge in [-0.25, -0.2) is 0 Å². The predicted octanol–water partition coefficient (Wildman–Crippen LogP) is 18.6. The van der Waals surface area contributed by atoms with E-state index in [2.05, 4.69) is 93.7 Å². The van der Waals surface area contributed by atoms with Gasteiger partial charge in [0, 0.05) is 19.3 Å². The summed E-state index contributed by atoms with van der Waals surface area (Å²) in [4.78, 5) is 38.1. The molecule has 0 heterocycles. The summed E-state index contributed by atoms with van der Waals surface area (Å²) in [5.41, 5.74) is 0. The molecule has 0 aliphatic carbocycles. The zero-order valence-corrected chi connectivity index (χ0v) is 43.4. The van der Waals surface area contributed by atoms with Gasteiger partial charge in [-0.15, -0.1) is 0 Å². The number of unbranched alkanes of at least 4 members (excludes halogenated alkanes) is 27. The molecule has 0 aliphatic rings. The molecule has 0 aliphatic heterocycles. The van der Waals surface area contributed by atoms with Gasteiger partial charge in [0.15, 0.2) is 6.10 Å². The third-order valence-corrected chi connectivity index (χ3v) is 12.0. The summed E-state index contributed by atoms with van der Waals surface area (Å²) < 4.78 is 16.8. The fraction of sp³-hybridized carbons (Fsp3) is 0.750. The minimum Gasteiger partial charge on any atom is -0.462 e. The lowest BCUT2D eigenvalue weighted by Crippen LogP contribution is -2.30. The predicted molar refractivity (Wildman–Crippen MR) is 284 cm³/mol. The van der Waals surface area contributed by atoms with E-state index in [9.17, 15) is 14.4 Å². The summed E-state index contributed by atoms with van der Waals surface area (Å²) in [7, 11) is 0. The molecule has 0 radical (unpaired) electrons. The first-order chi connectivity index (χ1) is 32.5. The summed E-state index contributed by atoms with van der Waals surface area (Å²) >= 11 is 0. The molecule has 6 nitrogen and oxygen atoms in total. The molecular weight excluding hydrogens is 817 g/mol. The lowest BCUT2D eigenvalue weighted by atomic mass is 10.0. The van der Waals surface area contributed by atoms with E-state index in [0.29, 0.717) is 19.3 Å². The second-order valence-corrected chi connectivity index (χ2v) is 18.4. The second-order valence-electron chi connectivity index (χ2n) is 18.4. The Morgan fingerprint density at radius 1 is 0.318 bits per heavy atom. The third-order valence-electron chi connectivity index (χ3n) is 12.0. The van der Waals surface area contributed by atoms with Crippen LogP contribution in [0.4, 0.5) is 0 Å². The van der Waals surface area contributed by atoms with Gasteiger partial charge in [0.05, 0.1) is 0 Å². The van der Waals surface area contributed by atoms with Crippen LogP contribution in [-0.2, 0) is 28.6 Å². The highest BCUT2D eigenvalue weighted by atomic mass is 16.6. The minimum absolute atomic E-state index is 0.0803. The van der Waals surface area contributed by atoms with Crippen molar-refractivity contribution in [2.24, 2.45) is 0 Å². The van der Waals surface area contributed by atoms with Crippen LogP contribution in [0.1, 0.15) is 271 Å². The van der Waals surface area contributed by atoms with Crippen molar-refractivity contribution in [2.45, 2.75) is 277 Å². The van der Waals surface area contributed by atoms with Gasteiger partial charge >= 0.3 is 17.9 Å². The van der Waals surface area contributed by atoms with Gasteiger partial charge in [0.2, 0.25) is 0 Å². The van der Waals surface area contributed by atoms with Crippen LogP contribution in [0.15, 0.2) is 72.9 Å². The normalized spacial score (nSPS) is 12.6. The number of rotatable bonds is 50. The molecule has 380 valence electrons. The first-order valence-corrected chi connectivity index (χ1v) is 27.9. The molecule has 0 N–H and O–H groups in total. The molecule has 0 aromatic rings. The topological polar surface area (TPSA) is 78.9 Å². The molecule has 0 bridgehead atoms. The van der Waals surface area contributed by atoms with E-state index in [1.807, 2.05) is 0 Å².